The molecular weight excluding hydrogens is 390 g/mol. The molecule has 0 fully saturated rings. The number of aryl methyl sites for hydroxylation is 1. The van der Waals surface area contributed by atoms with Crippen LogP contribution in [0.4, 0.5) is 11.6 Å². The van der Waals surface area contributed by atoms with Gasteiger partial charge in [0.25, 0.3) is 5.56 Å². The minimum Gasteiger partial charge on any atom is -0.462 e. The highest BCUT2D eigenvalue weighted by atomic mass is 16.5. The number of rotatable bonds is 6. The molecular formula is C20H23N5O5. The van der Waals surface area contributed by atoms with Crippen LogP contribution in [0.1, 0.15) is 17.3 Å². The van der Waals surface area contributed by atoms with Crippen LogP contribution >= 0.6 is 0 Å². The van der Waals surface area contributed by atoms with Crippen LogP contribution in [-0.2, 0) is 29.6 Å². The summed E-state index contributed by atoms with van der Waals surface area (Å²) in [6, 6.07) is 7.03. The van der Waals surface area contributed by atoms with E-state index in [1.54, 1.807) is 26.1 Å². The van der Waals surface area contributed by atoms with E-state index in [9.17, 15) is 14.4 Å². The van der Waals surface area contributed by atoms with E-state index < -0.39 is 5.69 Å². The number of methoxy groups -OCH3 is 1. The van der Waals surface area contributed by atoms with Gasteiger partial charge in [-0.05, 0) is 31.2 Å². The van der Waals surface area contributed by atoms with Gasteiger partial charge in [-0.1, -0.05) is 0 Å². The smallest absolute Gasteiger partial charge is 0.338 e. The van der Waals surface area contributed by atoms with Crippen molar-refractivity contribution in [3.8, 4) is 0 Å². The summed E-state index contributed by atoms with van der Waals surface area (Å²) in [5, 5.41) is 0. The molecule has 0 unspecified atom stereocenters. The molecule has 0 bridgehead atoms. The maximum absolute atomic E-state index is 13.0. The Morgan fingerprint density at radius 2 is 1.90 bits per heavy atom. The Morgan fingerprint density at radius 1 is 1.17 bits per heavy atom. The van der Waals surface area contributed by atoms with Gasteiger partial charge in [-0.15, -0.1) is 0 Å². The van der Waals surface area contributed by atoms with Crippen LogP contribution in [0.15, 0.2) is 33.9 Å². The fourth-order valence-corrected chi connectivity index (χ4v) is 3.69. The molecule has 1 aromatic carbocycles. The van der Waals surface area contributed by atoms with Gasteiger partial charge in [0.15, 0.2) is 11.2 Å². The van der Waals surface area contributed by atoms with E-state index in [0.717, 1.165) is 5.69 Å². The molecule has 3 aromatic rings. The van der Waals surface area contributed by atoms with Crippen LogP contribution in [0.3, 0.4) is 0 Å². The van der Waals surface area contributed by atoms with E-state index in [0.29, 0.717) is 42.4 Å². The summed E-state index contributed by atoms with van der Waals surface area (Å²) < 4.78 is 14.4. The van der Waals surface area contributed by atoms with Gasteiger partial charge in [0.2, 0.25) is 5.95 Å². The zero-order valence-electron chi connectivity index (χ0n) is 17.1. The summed E-state index contributed by atoms with van der Waals surface area (Å²) in [6.45, 7) is 3.70. The number of ether oxygens (including phenoxy) is 2. The number of hydrogen-bond donors (Lipinski definition) is 0. The summed E-state index contributed by atoms with van der Waals surface area (Å²) in [7, 11) is 3.13. The van der Waals surface area contributed by atoms with Crippen molar-refractivity contribution in [3.63, 3.8) is 0 Å². The van der Waals surface area contributed by atoms with Crippen LogP contribution < -0.4 is 16.1 Å². The van der Waals surface area contributed by atoms with Crippen molar-refractivity contribution in [3.05, 3.63) is 50.7 Å². The topological polar surface area (TPSA) is 101 Å². The first-order chi connectivity index (χ1) is 14.5. The lowest BCUT2D eigenvalue weighted by atomic mass is 10.2. The lowest BCUT2D eigenvalue weighted by Gasteiger charge is -2.16. The van der Waals surface area contributed by atoms with Gasteiger partial charge < -0.3 is 18.9 Å². The van der Waals surface area contributed by atoms with Crippen molar-refractivity contribution in [2.24, 2.45) is 7.05 Å². The first-order valence-electron chi connectivity index (χ1n) is 9.71. The second-order valence-corrected chi connectivity index (χ2v) is 6.95. The number of fused-ring (bicyclic) bond motifs is 3. The van der Waals surface area contributed by atoms with Crippen LogP contribution in [-0.4, -0.2) is 51.5 Å². The Bertz CT molecular complexity index is 1220. The van der Waals surface area contributed by atoms with Gasteiger partial charge in [0.1, 0.15) is 0 Å². The van der Waals surface area contributed by atoms with Crippen LogP contribution in [0.25, 0.3) is 11.2 Å². The molecule has 30 heavy (non-hydrogen) atoms. The molecule has 0 aliphatic carbocycles. The standard InChI is InChI=1S/C20H23N5O5/c1-4-30-18(27)13-5-7-14(8-6-13)23-9-10-24-15-16(21-19(23)24)22(2)20(28)25(17(15)26)11-12-29-3/h5-8H,4,9-12H2,1-3H3. The molecule has 10 nitrogen and oxygen atoms in total. The summed E-state index contributed by atoms with van der Waals surface area (Å²) in [6.07, 6.45) is 0. The molecule has 1 aliphatic heterocycles. The predicted molar refractivity (Wildman–Crippen MR) is 111 cm³/mol. The fraction of sp³-hybridized carbons (Fsp3) is 0.400. The van der Waals surface area contributed by atoms with E-state index in [1.165, 1.54) is 16.2 Å². The average Bonchev–Trinajstić information content (AvgIpc) is 3.32. The van der Waals surface area contributed by atoms with E-state index in [1.807, 2.05) is 21.6 Å². The lowest BCUT2D eigenvalue weighted by molar-refractivity contribution is 0.0526. The summed E-state index contributed by atoms with van der Waals surface area (Å²) >= 11 is 0. The molecule has 0 spiro atoms. The molecule has 158 valence electrons. The lowest BCUT2D eigenvalue weighted by Crippen LogP contribution is -2.40. The molecule has 1 aliphatic rings. The van der Waals surface area contributed by atoms with Crippen molar-refractivity contribution >= 4 is 28.8 Å². The highest BCUT2D eigenvalue weighted by Crippen LogP contribution is 2.31. The summed E-state index contributed by atoms with van der Waals surface area (Å²) in [4.78, 5) is 44.1. The van der Waals surface area contributed by atoms with Crippen LogP contribution in [0, 0.1) is 0 Å². The number of hydrogen-bond acceptors (Lipinski definition) is 7. The number of esters is 1. The van der Waals surface area contributed by atoms with Crippen LogP contribution in [0.5, 0.6) is 0 Å². The molecule has 0 saturated heterocycles. The number of benzene rings is 1. The third kappa shape index (κ3) is 3.09. The van der Waals surface area contributed by atoms with E-state index in [4.69, 9.17) is 9.47 Å². The number of carbonyl (C=O) groups excluding carboxylic acids is 1. The Kier molecular flexibility index (Phi) is 5.17. The Labute approximate surface area is 171 Å². The number of carbonyl (C=O) groups is 1. The predicted octanol–water partition coefficient (Wildman–Crippen LogP) is 0.872. The highest BCUT2D eigenvalue weighted by Gasteiger charge is 2.28. The van der Waals surface area contributed by atoms with Gasteiger partial charge in [0, 0.05) is 32.9 Å². The van der Waals surface area contributed by atoms with E-state index in [2.05, 4.69) is 4.98 Å². The van der Waals surface area contributed by atoms with Crippen molar-refractivity contribution in [2.75, 3.05) is 31.8 Å². The Balaban J connectivity index is 1.77. The molecule has 0 atom stereocenters. The van der Waals surface area contributed by atoms with Gasteiger partial charge in [-0.2, -0.15) is 4.98 Å². The molecule has 0 radical (unpaired) electrons. The number of aromatic nitrogens is 4. The van der Waals surface area contributed by atoms with Gasteiger partial charge in [-0.3, -0.25) is 13.9 Å². The molecule has 3 heterocycles. The van der Waals surface area contributed by atoms with Gasteiger partial charge in [-0.25, -0.2) is 9.59 Å². The van der Waals surface area contributed by atoms with E-state index in [-0.39, 0.29) is 24.7 Å². The van der Waals surface area contributed by atoms with Gasteiger partial charge in [0.05, 0.1) is 25.3 Å². The summed E-state index contributed by atoms with van der Waals surface area (Å²) in [5.41, 5.74) is 1.25. The minimum absolute atomic E-state index is 0.178. The Morgan fingerprint density at radius 3 is 2.57 bits per heavy atom. The minimum atomic E-state index is -0.424. The zero-order valence-corrected chi connectivity index (χ0v) is 17.1. The Hall–Kier alpha value is -3.40. The first kappa shape index (κ1) is 19.9. The first-order valence-corrected chi connectivity index (χ1v) is 9.71. The molecule has 10 heteroatoms. The molecule has 2 aromatic heterocycles. The monoisotopic (exact) mass is 413 g/mol. The third-order valence-electron chi connectivity index (χ3n) is 5.21. The molecule has 4 rings (SSSR count). The number of imidazole rings is 1. The van der Waals surface area contributed by atoms with Crippen molar-refractivity contribution in [2.45, 2.75) is 20.0 Å². The second kappa shape index (κ2) is 7.79. The molecule has 0 N–H and O–H groups in total. The fourth-order valence-electron chi connectivity index (χ4n) is 3.69. The normalized spacial score (nSPS) is 13.1. The molecule has 0 saturated carbocycles. The molecule has 0 amide bonds. The average molecular weight is 413 g/mol. The number of nitrogens with zero attached hydrogens (tertiary/aromatic N) is 5. The van der Waals surface area contributed by atoms with E-state index >= 15 is 0 Å². The maximum Gasteiger partial charge on any atom is 0.338 e. The quantitative estimate of drug-likeness (QED) is 0.553. The zero-order chi connectivity index (χ0) is 21.4. The van der Waals surface area contributed by atoms with Crippen LogP contribution in [0.2, 0.25) is 0 Å². The number of anilines is 2. The second-order valence-electron chi connectivity index (χ2n) is 6.95. The van der Waals surface area contributed by atoms with Gasteiger partial charge >= 0.3 is 11.7 Å². The largest absolute Gasteiger partial charge is 0.462 e. The third-order valence-corrected chi connectivity index (χ3v) is 5.21. The SMILES string of the molecule is CCOC(=O)c1ccc(N2CCn3c2nc2c3c(=O)n(CCOC)c(=O)n2C)cc1. The summed E-state index contributed by atoms with van der Waals surface area (Å²) in [5.74, 6) is 0.217. The van der Waals surface area contributed by atoms with Crippen molar-refractivity contribution in [1.29, 1.82) is 0 Å². The highest BCUT2D eigenvalue weighted by molar-refractivity contribution is 5.90. The van der Waals surface area contributed by atoms with Crippen molar-refractivity contribution < 1.29 is 14.3 Å². The maximum atomic E-state index is 13.0. The van der Waals surface area contributed by atoms with Crippen molar-refractivity contribution in [1.82, 2.24) is 18.7 Å².